The van der Waals surface area contributed by atoms with Gasteiger partial charge >= 0.3 is 0 Å². The number of phenols is 1. The maximum Gasteiger partial charge on any atom is 0.223 e. The van der Waals surface area contributed by atoms with Crippen LogP contribution < -0.4 is 19.5 Å². The molecule has 2 aromatic rings. The van der Waals surface area contributed by atoms with Gasteiger partial charge in [0.25, 0.3) is 0 Å². The third-order valence-corrected chi connectivity index (χ3v) is 5.81. The van der Waals surface area contributed by atoms with Crippen LogP contribution in [0.3, 0.4) is 0 Å². The van der Waals surface area contributed by atoms with E-state index in [1.54, 1.807) is 32.4 Å². The molecule has 33 heavy (non-hydrogen) atoms. The highest BCUT2D eigenvalue weighted by Gasteiger charge is 2.29. The van der Waals surface area contributed by atoms with E-state index in [1.807, 2.05) is 18.2 Å². The molecule has 0 aliphatic heterocycles. The maximum atomic E-state index is 13.2. The lowest BCUT2D eigenvalue weighted by Crippen LogP contribution is -2.39. The predicted molar refractivity (Wildman–Crippen MR) is 128 cm³/mol. The predicted octanol–water partition coefficient (Wildman–Crippen LogP) is 3.59. The maximum absolute atomic E-state index is 13.2. The molecule has 0 aliphatic rings. The van der Waals surface area contributed by atoms with Gasteiger partial charge in [-0.05, 0) is 66.5 Å². The van der Waals surface area contributed by atoms with E-state index in [1.165, 1.54) is 7.11 Å². The topological polar surface area (TPSA) is 97.3 Å². The number of aliphatic hydroxyl groups excluding tert-OH is 1. The monoisotopic (exact) mass is 459 g/mol. The molecule has 0 saturated heterocycles. The summed E-state index contributed by atoms with van der Waals surface area (Å²) in [6.45, 7) is 4.66. The molecule has 0 fully saturated rings. The van der Waals surface area contributed by atoms with Gasteiger partial charge in [0.2, 0.25) is 5.91 Å². The van der Waals surface area contributed by atoms with E-state index in [4.69, 9.17) is 14.2 Å². The van der Waals surface area contributed by atoms with Gasteiger partial charge in [-0.25, -0.2) is 0 Å². The highest BCUT2D eigenvalue weighted by Crippen LogP contribution is 2.32. The Morgan fingerprint density at radius 3 is 2.12 bits per heavy atom. The summed E-state index contributed by atoms with van der Waals surface area (Å²) in [5.74, 6) is 1.23. The van der Waals surface area contributed by atoms with E-state index >= 15 is 0 Å². The molecule has 2 rings (SSSR count). The fourth-order valence-corrected chi connectivity index (χ4v) is 3.84. The molecule has 1 amide bonds. The molecule has 182 valence electrons. The molecular weight excluding hydrogens is 422 g/mol. The third kappa shape index (κ3) is 7.56. The fourth-order valence-electron chi connectivity index (χ4n) is 3.84. The molecule has 0 aliphatic carbocycles. The van der Waals surface area contributed by atoms with Crippen LogP contribution in [-0.4, -0.2) is 50.6 Å². The summed E-state index contributed by atoms with van der Waals surface area (Å²) in [7, 11) is 4.65. The zero-order valence-corrected chi connectivity index (χ0v) is 20.3. The van der Waals surface area contributed by atoms with Crippen molar-refractivity contribution in [1.82, 2.24) is 5.32 Å². The largest absolute Gasteiger partial charge is 0.504 e. The lowest BCUT2D eigenvalue weighted by atomic mass is 9.82. The number of phenolic OH excluding ortho intramolecular Hbond substituents is 1. The van der Waals surface area contributed by atoms with Crippen molar-refractivity contribution in [3.8, 4) is 23.0 Å². The normalized spacial score (nSPS) is 12.8. The lowest BCUT2D eigenvalue weighted by Gasteiger charge is -2.26. The van der Waals surface area contributed by atoms with Crippen LogP contribution in [0.4, 0.5) is 0 Å². The number of aromatic hydroxyl groups is 1. The molecule has 0 unspecified atom stereocenters. The summed E-state index contributed by atoms with van der Waals surface area (Å²) in [5, 5.41) is 23.2. The number of amides is 1. The number of rotatable bonds is 13. The number of aliphatic hydroxyl groups is 1. The van der Waals surface area contributed by atoms with E-state index in [9.17, 15) is 15.0 Å². The Kier molecular flexibility index (Phi) is 10.3. The minimum atomic E-state index is -0.468. The first kappa shape index (κ1) is 26.3. The number of carbonyl (C=O) groups is 1. The molecular formula is C26H37NO6. The van der Waals surface area contributed by atoms with Crippen LogP contribution in [0, 0.1) is 17.8 Å². The van der Waals surface area contributed by atoms with Gasteiger partial charge in [0, 0.05) is 19.1 Å². The van der Waals surface area contributed by atoms with E-state index < -0.39 is 5.92 Å². The second-order valence-corrected chi connectivity index (χ2v) is 8.63. The van der Waals surface area contributed by atoms with Gasteiger partial charge in [0.1, 0.15) is 0 Å². The van der Waals surface area contributed by atoms with Crippen LogP contribution in [0.15, 0.2) is 36.4 Å². The van der Waals surface area contributed by atoms with E-state index in [0.29, 0.717) is 42.6 Å². The summed E-state index contributed by atoms with van der Waals surface area (Å²) in [6.07, 6.45) is 1.78. The van der Waals surface area contributed by atoms with Gasteiger partial charge in [-0.15, -0.1) is 0 Å². The average molecular weight is 460 g/mol. The van der Waals surface area contributed by atoms with Gasteiger partial charge in [-0.3, -0.25) is 4.79 Å². The Balaban J connectivity index is 2.29. The smallest absolute Gasteiger partial charge is 0.223 e. The Morgan fingerprint density at radius 2 is 1.52 bits per heavy atom. The summed E-state index contributed by atoms with van der Waals surface area (Å²) in [5.41, 5.74) is 1.79. The lowest BCUT2D eigenvalue weighted by molar-refractivity contribution is -0.127. The molecule has 0 bridgehead atoms. The molecule has 2 aromatic carbocycles. The van der Waals surface area contributed by atoms with Crippen LogP contribution >= 0.6 is 0 Å². The van der Waals surface area contributed by atoms with Crippen molar-refractivity contribution in [3.63, 3.8) is 0 Å². The van der Waals surface area contributed by atoms with Gasteiger partial charge in [-0.1, -0.05) is 26.0 Å². The van der Waals surface area contributed by atoms with Crippen LogP contribution in [-0.2, 0) is 17.6 Å². The zero-order chi connectivity index (χ0) is 24.4. The first-order valence-electron chi connectivity index (χ1n) is 11.3. The number of benzene rings is 2. The highest BCUT2D eigenvalue weighted by molar-refractivity contribution is 5.79. The van der Waals surface area contributed by atoms with Crippen LogP contribution in [0.2, 0.25) is 0 Å². The molecule has 0 spiro atoms. The summed E-state index contributed by atoms with van der Waals surface area (Å²) < 4.78 is 15.9. The fraction of sp³-hybridized carbons (Fsp3) is 0.500. The number of hydrogen-bond donors (Lipinski definition) is 3. The standard InChI is InChI=1S/C26H37NO6/c1-17(2)10-11-27-26(30)21(13-19-6-8-22(29)24(14-19)32-4)20(16-28)12-18-7-9-23(31-3)25(15-18)33-5/h6-9,14-15,17,20-21,28-29H,10-13,16H2,1-5H3,(H,27,30)/t20-,21+/m0/s1. The van der Waals surface area contributed by atoms with Crippen molar-refractivity contribution < 1.29 is 29.2 Å². The van der Waals surface area contributed by atoms with E-state index in [0.717, 1.165) is 17.5 Å². The van der Waals surface area contributed by atoms with E-state index in [-0.39, 0.29) is 24.2 Å². The average Bonchev–Trinajstić information content (AvgIpc) is 2.81. The van der Waals surface area contributed by atoms with Gasteiger partial charge in [-0.2, -0.15) is 0 Å². The number of nitrogens with one attached hydrogen (secondary N) is 1. The number of hydrogen-bond acceptors (Lipinski definition) is 6. The molecule has 2 atom stereocenters. The highest BCUT2D eigenvalue weighted by atomic mass is 16.5. The molecule has 3 N–H and O–H groups in total. The van der Waals surface area contributed by atoms with Crippen molar-refractivity contribution in [2.24, 2.45) is 17.8 Å². The third-order valence-electron chi connectivity index (χ3n) is 5.81. The summed E-state index contributed by atoms with van der Waals surface area (Å²) >= 11 is 0. The first-order valence-corrected chi connectivity index (χ1v) is 11.3. The Morgan fingerprint density at radius 1 is 0.909 bits per heavy atom. The van der Waals surface area contributed by atoms with Crippen molar-refractivity contribution in [2.45, 2.75) is 33.1 Å². The van der Waals surface area contributed by atoms with Gasteiger partial charge in [0.15, 0.2) is 23.0 Å². The minimum Gasteiger partial charge on any atom is -0.504 e. The molecule has 0 radical (unpaired) electrons. The van der Waals surface area contributed by atoms with Crippen LogP contribution in [0.25, 0.3) is 0 Å². The van der Waals surface area contributed by atoms with Crippen molar-refractivity contribution in [3.05, 3.63) is 47.5 Å². The number of methoxy groups -OCH3 is 3. The van der Waals surface area contributed by atoms with Gasteiger partial charge in [0.05, 0.1) is 21.3 Å². The SMILES string of the molecule is COc1cc(C[C@@H](C(=O)NCCC(C)C)[C@H](CO)Cc2ccc(OC)c(OC)c2)ccc1O. The van der Waals surface area contributed by atoms with E-state index in [2.05, 4.69) is 19.2 Å². The van der Waals surface area contributed by atoms with Gasteiger partial charge < -0.3 is 29.7 Å². The minimum absolute atomic E-state index is 0.0446. The van der Waals surface area contributed by atoms with Crippen molar-refractivity contribution in [2.75, 3.05) is 34.5 Å². The van der Waals surface area contributed by atoms with Crippen LogP contribution in [0.5, 0.6) is 23.0 Å². The van der Waals surface area contributed by atoms with Crippen LogP contribution in [0.1, 0.15) is 31.4 Å². The number of carbonyl (C=O) groups excluding carboxylic acids is 1. The molecule has 0 heterocycles. The van der Waals surface area contributed by atoms with Crippen molar-refractivity contribution in [1.29, 1.82) is 0 Å². The first-order chi connectivity index (χ1) is 15.8. The number of ether oxygens (including phenoxy) is 3. The quantitative estimate of drug-likeness (QED) is 0.424. The zero-order valence-electron chi connectivity index (χ0n) is 20.3. The summed E-state index contributed by atoms with van der Waals surface area (Å²) in [4.78, 5) is 13.2. The second kappa shape index (κ2) is 12.9. The molecule has 7 nitrogen and oxygen atoms in total. The molecule has 0 saturated carbocycles. The Labute approximate surface area is 196 Å². The summed E-state index contributed by atoms with van der Waals surface area (Å²) in [6, 6.07) is 10.7. The molecule has 7 heteroatoms. The Hall–Kier alpha value is -2.93. The Bertz CT molecular complexity index is 898. The van der Waals surface area contributed by atoms with Crippen molar-refractivity contribution >= 4 is 5.91 Å². The second-order valence-electron chi connectivity index (χ2n) is 8.63. The molecule has 0 aromatic heterocycles.